The van der Waals surface area contributed by atoms with Gasteiger partial charge in [-0.15, -0.1) is 12.4 Å². The SMILES string of the molecule is CC(C)C1CCN(C(=O)CNC(=O)CN)C1.Cl. The molecule has 2 amide bonds. The number of rotatable bonds is 4. The highest BCUT2D eigenvalue weighted by Crippen LogP contribution is 2.23. The van der Waals surface area contributed by atoms with Gasteiger partial charge >= 0.3 is 0 Å². The van der Waals surface area contributed by atoms with E-state index < -0.39 is 0 Å². The van der Waals surface area contributed by atoms with Crippen LogP contribution in [0.2, 0.25) is 0 Å². The molecule has 6 heteroatoms. The van der Waals surface area contributed by atoms with E-state index in [1.807, 2.05) is 4.90 Å². The quantitative estimate of drug-likeness (QED) is 0.749. The monoisotopic (exact) mass is 263 g/mol. The standard InChI is InChI=1S/C11H21N3O2.ClH/c1-8(2)9-3-4-14(7-9)11(16)6-13-10(15)5-12;/h8-9H,3-7,12H2,1-2H3,(H,13,15);1H. The van der Waals surface area contributed by atoms with Crippen molar-refractivity contribution in [2.45, 2.75) is 20.3 Å². The van der Waals surface area contributed by atoms with Crippen LogP contribution in [-0.4, -0.2) is 42.9 Å². The summed E-state index contributed by atoms with van der Waals surface area (Å²) in [5, 5.41) is 2.50. The van der Waals surface area contributed by atoms with E-state index in [1.54, 1.807) is 0 Å². The summed E-state index contributed by atoms with van der Waals surface area (Å²) in [6, 6.07) is 0. The third kappa shape index (κ3) is 4.91. The van der Waals surface area contributed by atoms with Gasteiger partial charge in [-0.05, 0) is 18.3 Å². The Morgan fingerprint density at radius 2 is 2.12 bits per heavy atom. The molecule has 1 fully saturated rings. The van der Waals surface area contributed by atoms with Crippen LogP contribution in [0.15, 0.2) is 0 Å². The van der Waals surface area contributed by atoms with Crippen LogP contribution >= 0.6 is 12.4 Å². The zero-order chi connectivity index (χ0) is 12.1. The first-order valence-corrected chi connectivity index (χ1v) is 5.79. The zero-order valence-electron chi connectivity index (χ0n) is 10.4. The third-order valence-corrected chi connectivity index (χ3v) is 3.14. The maximum Gasteiger partial charge on any atom is 0.241 e. The van der Waals surface area contributed by atoms with Gasteiger partial charge in [0.15, 0.2) is 0 Å². The number of carbonyl (C=O) groups excluding carboxylic acids is 2. The second-order valence-electron chi connectivity index (χ2n) is 4.61. The minimum absolute atomic E-state index is 0. The van der Waals surface area contributed by atoms with Gasteiger partial charge in [0, 0.05) is 13.1 Å². The first-order chi connectivity index (χ1) is 7.54. The van der Waals surface area contributed by atoms with Gasteiger partial charge in [0.1, 0.15) is 0 Å². The average Bonchev–Trinajstić information content (AvgIpc) is 2.74. The molecule has 1 heterocycles. The van der Waals surface area contributed by atoms with E-state index >= 15 is 0 Å². The number of hydrogen-bond acceptors (Lipinski definition) is 3. The van der Waals surface area contributed by atoms with E-state index in [1.165, 1.54) is 0 Å². The van der Waals surface area contributed by atoms with Crippen LogP contribution in [0.3, 0.4) is 0 Å². The molecule has 0 aliphatic carbocycles. The molecular formula is C11H22ClN3O2. The molecule has 100 valence electrons. The molecule has 1 rings (SSSR count). The van der Waals surface area contributed by atoms with Crippen molar-refractivity contribution >= 4 is 24.2 Å². The van der Waals surface area contributed by atoms with Gasteiger partial charge < -0.3 is 16.0 Å². The highest BCUT2D eigenvalue weighted by atomic mass is 35.5. The smallest absolute Gasteiger partial charge is 0.241 e. The van der Waals surface area contributed by atoms with Crippen LogP contribution < -0.4 is 11.1 Å². The Labute approximate surface area is 109 Å². The van der Waals surface area contributed by atoms with Crippen LogP contribution in [0.25, 0.3) is 0 Å². The number of nitrogens with zero attached hydrogens (tertiary/aromatic N) is 1. The van der Waals surface area contributed by atoms with Gasteiger partial charge in [-0.1, -0.05) is 13.8 Å². The van der Waals surface area contributed by atoms with Gasteiger partial charge in [-0.3, -0.25) is 9.59 Å². The highest BCUT2D eigenvalue weighted by molar-refractivity contribution is 5.85. The van der Waals surface area contributed by atoms with E-state index in [2.05, 4.69) is 19.2 Å². The normalized spacial score (nSPS) is 19.1. The van der Waals surface area contributed by atoms with Crippen molar-refractivity contribution in [2.24, 2.45) is 17.6 Å². The highest BCUT2D eigenvalue weighted by Gasteiger charge is 2.27. The Balaban J connectivity index is 0.00000256. The summed E-state index contributed by atoms with van der Waals surface area (Å²) in [5.41, 5.74) is 5.14. The van der Waals surface area contributed by atoms with Crippen LogP contribution in [0.4, 0.5) is 0 Å². The average molecular weight is 264 g/mol. The van der Waals surface area contributed by atoms with Crippen LogP contribution in [-0.2, 0) is 9.59 Å². The summed E-state index contributed by atoms with van der Waals surface area (Å²) in [4.78, 5) is 24.4. The zero-order valence-corrected chi connectivity index (χ0v) is 11.3. The second-order valence-corrected chi connectivity index (χ2v) is 4.61. The van der Waals surface area contributed by atoms with E-state index in [4.69, 9.17) is 5.73 Å². The predicted molar refractivity (Wildman–Crippen MR) is 68.8 cm³/mol. The van der Waals surface area contributed by atoms with E-state index in [-0.39, 0.29) is 37.3 Å². The number of amides is 2. The fraction of sp³-hybridized carbons (Fsp3) is 0.818. The topological polar surface area (TPSA) is 75.4 Å². The Bertz CT molecular complexity index is 271. The molecule has 0 saturated carbocycles. The van der Waals surface area contributed by atoms with E-state index in [0.717, 1.165) is 19.5 Å². The molecule has 0 aromatic heterocycles. The molecule has 1 atom stereocenters. The number of hydrogen-bond donors (Lipinski definition) is 2. The van der Waals surface area contributed by atoms with Crippen molar-refractivity contribution in [3.8, 4) is 0 Å². The number of likely N-dealkylation sites (tertiary alicyclic amines) is 1. The Morgan fingerprint density at radius 3 is 2.59 bits per heavy atom. The molecule has 1 unspecified atom stereocenters. The molecule has 1 saturated heterocycles. The molecule has 0 aromatic rings. The molecule has 3 N–H and O–H groups in total. The first kappa shape index (κ1) is 16.2. The lowest BCUT2D eigenvalue weighted by molar-refractivity contribution is -0.131. The fourth-order valence-corrected chi connectivity index (χ4v) is 1.92. The molecular weight excluding hydrogens is 242 g/mol. The lowest BCUT2D eigenvalue weighted by Gasteiger charge is -2.18. The maximum absolute atomic E-state index is 11.7. The summed E-state index contributed by atoms with van der Waals surface area (Å²) in [6.07, 6.45) is 1.06. The van der Waals surface area contributed by atoms with Gasteiger partial charge in [-0.25, -0.2) is 0 Å². The molecule has 5 nitrogen and oxygen atoms in total. The maximum atomic E-state index is 11.7. The van der Waals surface area contributed by atoms with Crippen molar-refractivity contribution in [1.82, 2.24) is 10.2 Å². The Hall–Kier alpha value is -0.810. The molecule has 1 aliphatic rings. The van der Waals surface area contributed by atoms with E-state index in [9.17, 15) is 9.59 Å². The number of nitrogens with two attached hydrogens (primary N) is 1. The van der Waals surface area contributed by atoms with Crippen molar-refractivity contribution in [3.63, 3.8) is 0 Å². The minimum atomic E-state index is -0.284. The van der Waals surface area contributed by atoms with Crippen molar-refractivity contribution in [3.05, 3.63) is 0 Å². The van der Waals surface area contributed by atoms with Crippen molar-refractivity contribution < 1.29 is 9.59 Å². The Morgan fingerprint density at radius 1 is 1.47 bits per heavy atom. The molecule has 0 spiro atoms. The number of nitrogens with one attached hydrogen (secondary N) is 1. The lowest BCUT2D eigenvalue weighted by Crippen LogP contribution is -2.41. The van der Waals surface area contributed by atoms with Crippen LogP contribution in [0.5, 0.6) is 0 Å². The molecule has 1 aliphatic heterocycles. The molecule has 0 radical (unpaired) electrons. The molecule has 17 heavy (non-hydrogen) atoms. The molecule has 0 bridgehead atoms. The lowest BCUT2D eigenvalue weighted by atomic mass is 9.95. The van der Waals surface area contributed by atoms with Crippen LogP contribution in [0.1, 0.15) is 20.3 Å². The van der Waals surface area contributed by atoms with Crippen molar-refractivity contribution in [2.75, 3.05) is 26.2 Å². The van der Waals surface area contributed by atoms with Gasteiger partial charge in [0.25, 0.3) is 0 Å². The fourth-order valence-electron chi connectivity index (χ4n) is 1.92. The molecule has 0 aromatic carbocycles. The summed E-state index contributed by atoms with van der Waals surface area (Å²) >= 11 is 0. The minimum Gasteiger partial charge on any atom is -0.346 e. The van der Waals surface area contributed by atoms with Crippen molar-refractivity contribution in [1.29, 1.82) is 0 Å². The largest absolute Gasteiger partial charge is 0.346 e. The summed E-state index contributed by atoms with van der Waals surface area (Å²) < 4.78 is 0. The van der Waals surface area contributed by atoms with Gasteiger partial charge in [-0.2, -0.15) is 0 Å². The number of halogens is 1. The van der Waals surface area contributed by atoms with Gasteiger partial charge in [0.2, 0.25) is 11.8 Å². The van der Waals surface area contributed by atoms with Gasteiger partial charge in [0.05, 0.1) is 13.1 Å². The Kier molecular flexibility index (Phi) is 7.15. The van der Waals surface area contributed by atoms with Crippen LogP contribution in [0, 0.1) is 11.8 Å². The third-order valence-electron chi connectivity index (χ3n) is 3.14. The number of carbonyl (C=O) groups is 2. The summed E-state index contributed by atoms with van der Waals surface area (Å²) in [6.45, 7) is 5.97. The first-order valence-electron chi connectivity index (χ1n) is 5.79. The second kappa shape index (κ2) is 7.50. The predicted octanol–water partition coefficient (Wildman–Crippen LogP) is -0.0124. The van der Waals surface area contributed by atoms with E-state index in [0.29, 0.717) is 11.8 Å². The summed E-state index contributed by atoms with van der Waals surface area (Å²) in [7, 11) is 0. The summed E-state index contributed by atoms with van der Waals surface area (Å²) in [5.74, 6) is 0.906.